The van der Waals surface area contributed by atoms with E-state index in [1.807, 2.05) is 12.1 Å². The predicted molar refractivity (Wildman–Crippen MR) is 82.8 cm³/mol. The Hall–Kier alpha value is -1.73. The summed E-state index contributed by atoms with van der Waals surface area (Å²) in [7, 11) is 0. The van der Waals surface area contributed by atoms with Crippen LogP contribution in [0.1, 0.15) is 34.6 Å². The fourth-order valence-corrected chi connectivity index (χ4v) is 3.56. The van der Waals surface area contributed by atoms with Crippen molar-refractivity contribution in [1.82, 2.24) is 0 Å². The Kier molecular flexibility index (Phi) is 2.49. The highest BCUT2D eigenvalue weighted by Crippen LogP contribution is 2.50. The average Bonchev–Trinajstić information content (AvgIpc) is 3.17. The zero-order valence-corrected chi connectivity index (χ0v) is 12.1. The molecule has 0 spiro atoms. The lowest BCUT2D eigenvalue weighted by molar-refractivity contribution is 0.646. The van der Waals surface area contributed by atoms with Crippen LogP contribution in [-0.4, -0.2) is 0 Å². The number of rotatable bonds is 1. The van der Waals surface area contributed by atoms with Gasteiger partial charge in [-0.05, 0) is 71.7 Å². The second-order valence-electron chi connectivity index (χ2n) is 5.73. The summed E-state index contributed by atoms with van der Waals surface area (Å²) in [6, 6.07) is 10.4. The smallest absolute Gasteiger partial charge is 0.170 e. The zero-order chi connectivity index (χ0) is 13.9. The first-order valence-electron chi connectivity index (χ1n) is 6.91. The van der Waals surface area contributed by atoms with Gasteiger partial charge < -0.3 is 4.74 Å². The van der Waals surface area contributed by atoms with E-state index in [2.05, 4.69) is 31.7 Å². The Morgan fingerprint density at radius 3 is 2.85 bits per heavy atom. The van der Waals surface area contributed by atoms with Gasteiger partial charge in [-0.1, -0.05) is 30.3 Å². The minimum absolute atomic E-state index is 0.449. The van der Waals surface area contributed by atoms with Crippen molar-refractivity contribution in [3.63, 3.8) is 0 Å². The molecule has 0 N–H and O–H groups in total. The third-order valence-corrected chi connectivity index (χ3v) is 4.75. The van der Waals surface area contributed by atoms with Crippen LogP contribution in [0.15, 0.2) is 36.9 Å². The van der Waals surface area contributed by atoms with E-state index in [1.54, 1.807) is 0 Å². The number of benzene rings is 2. The summed E-state index contributed by atoms with van der Waals surface area (Å²) in [6.45, 7) is 6.40. The predicted octanol–water partition coefficient (Wildman–Crippen LogP) is 5.50. The fourth-order valence-electron chi connectivity index (χ4n) is 3.31. The molecule has 0 saturated carbocycles. The van der Waals surface area contributed by atoms with E-state index < -0.39 is 0 Å². The number of ether oxygens (including phenoxy) is 1. The van der Waals surface area contributed by atoms with Crippen molar-refractivity contribution in [2.45, 2.75) is 25.7 Å². The van der Waals surface area contributed by atoms with E-state index in [0.29, 0.717) is 5.92 Å². The monoisotopic (exact) mass is 282 g/mol. The number of hydrogen-bond donors (Lipinski definition) is 0. The van der Waals surface area contributed by atoms with Gasteiger partial charge in [0, 0.05) is 5.02 Å². The maximum Gasteiger partial charge on any atom is 0.170 e. The van der Waals surface area contributed by atoms with Crippen molar-refractivity contribution in [3.05, 3.63) is 64.2 Å². The largest absolute Gasteiger partial charge is 0.449 e. The molecule has 0 saturated heterocycles. The van der Waals surface area contributed by atoms with E-state index in [9.17, 15) is 0 Å². The number of fused-ring (bicyclic) bond motifs is 2. The van der Waals surface area contributed by atoms with Gasteiger partial charge in [-0.2, -0.15) is 0 Å². The zero-order valence-electron chi connectivity index (χ0n) is 11.4. The highest BCUT2D eigenvalue weighted by molar-refractivity contribution is 6.31. The quantitative estimate of drug-likeness (QED) is 0.537. The molecule has 1 aliphatic heterocycles. The van der Waals surface area contributed by atoms with Gasteiger partial charge in [0.25, 0.3) is 0 Å². The SMILES string of the molecule is C=C1CC(c2cc3c(cc2C)O3)Cc2c(Cl)cccc21. The molecule has 4 rings (SSSR count). The lowest BCUT2D eigenvalue weighted by Crippen LogP contribution is -2.13. The summed E-state index contributed by atoms with van der Waals surface area (Å²) in [6.07, 6.45) is 1.97. The number of halogens is 1. The van der Waals surface area contributed by atoms with Crippen LogP contribution in [0.2, 0.25) is 5.02 Å². The summed E-state index contributed by atoms with van der Waals surface area (Å²) in [5, 5.41) is 0.856. The van der Waals surface area contributed by atoms with E-state index >= 15 is 0 Å². The molecule has 1 heterocycles. The summed E-state index contributed by atoms with van der Waals surface area (Å²) in [5.41, 5.74) is 6.32. The molecule has 1 atom stereocenters. The fraction of sp³-hybridized carbons (Fsp3) is 0.222. The molecule has 20 heavy (non-hydrogen) atoms. The topological polar surface area (TPSA) is 12.5 Å². The number of allylic oxidation sites excluding steroid dienone is 1. The lowest BCUT2D eigenvalue weighted by atomic mass is 9.77. The molecule has 2 aromatic carbocycles. The highest BCUT2D eigenvalue weighted by Gasteiger charge is 2.29. The number of hydrogen-bond acceptors (Lipinski definition) is 1. The molecule has 100 valence electrons. The van der Waals surface area contributed by atoms with Gasteiger partial charge in [0.05, 0.1) is 0 Å². The molecule has 2 aliphatic rings. The van der Waals surface area contributed by atoms with Crippen molar-refractivity contribution in [1.29, 1.82) is 0 Å². The van der Waals surface area contributed by atoms with Crippen molar-refractivity contribution < 1.29 is 4.74 Å². The maximum absolute atomic E-state index is 6.38. The molecule has 1 unspecified atom stereocenters. The van der Waals surface area contributed by atoms with Crippen molar-refractivity contribution in [2.75, 3.05) is 0 Å². The molecular weight excluding hydrogens is 268 g/mol. The van der Waals surface area contributed by atoms with Gasteiger partial charge in [-0.3, -0.25) is 0 Å². The molecule has 1 aliphatic carbocycles. The molecule has 0 bridgehead atoms. The van der Waals surface area contributed by atoms with Gasteiger partial charge in [-0.25, -0.2) is 0 Å². The van der Waals surface area contributed by atoms with Crippen LogP contribution in [0, 0.1) is 6.92 Å². The first-order valence-corrected chi connectivity index (χ1v) is 7.29. The van der Waals surface area contributed by atoms with Gasteiger partial charge in [0.15, 0.2) is 11.5 Å². The molecule has 0 radical (unpaired) electrons. The first kappa shape index (κ1) is 12.0. The summed E-state index contributed by atoms with van der Waals surface area (Å²) < 4.78 is 5.42. The van der Waals surface area contributed by atoms with E-state index in [1.165, 1.54) is 27.8 Å². The first-order chi connectivity index (χ1) is 9.63. The van der Waals surface area contributed by atoms with Crippen LogP contribution in [-0.2, 0) is 6.42 Å². The Balaban J connectivity index is 1.78. The van der Waals surface area contributed by atoms with E-state index in [0.717, 1.165) is 29.4 Å². The molecule has 1 nitrogen and oxygen atoms in total. The van der Waals surface area contributed by atoms with Gasteiger partial charge in [0.2, 0.25) is 0 Å². The van der Waals surface area contributed by atoms with Crippen LogP contribution >= 0.6 is 11.6 Å². The van der Waals surface area contributed by atoms with Crippen molar-refractivity contribution in [3.8, 4) is 11.5 Å². The average molecular weight is 283 g/mol. The normalized spacial score (nSPS) is 19.1. The Morgan fingerprint density at radius 1 is 1.20 bits per heavy atom. The Labute approximate surface area is 123 Å². The Morgan fingerprint density at radius 2 is 2.00 bits per heavy atom. The molecule has 0 amide bonds. The molecule has 2 aromatic rings. The minimum atomic E-state index is 0.449. The second-order valence-corrected chi connectivity index (χ2v) is 6.14. The summed E-state index contributed by atoms with van der Waals surface area (Å²) in [4.78, 5) is 0. The van der Waals surface area contributed by atoms with Crippen LogP contribution in [0.4, 0.5) is 0 Å². The lowest BCUT2D eigenvalue weighted by Gasteiger charge is -2.28. The highest BCUT2D eigenvalue weighted by atomic mass is 35.5. The third kappa shape index (κ3) is 1.77. The van der Waals surface area contributed by atoms with Gasteiger partial charge in [-0.15, -0.1) is 0 Å². The maximum atomic E-state index is 6.38. The van der Waals surface area contributed by atoms with E-state index in [-0.39, 0.29) is 0 Å². The van der Waals surface area contributed by atoms with Crippen LogP contribution < -0.4 is 4.74 Å². The molecule has 0 aromatic heterocycles. The standard InChI is InChI=1S/C18H15ClO/c1-10-6-12(8-15-13(10)4-3-5-16(15)19)14-9-18-17(20-18)7-11(14)2/h3-5,7,9,12H,1,6,8H2,2H3. The van der Waals surface area contributed by atoms with Crippen molar-refractivity contribution >= 4 is 17.2 Å². The van der Waals surface area contributed by atoms with Crippen LogP contribution in [0.3, 0.4) is 0 Å². The minimum Gasteiger partial charge on any atom is -0.449 e. The Bertz CT molecular complexity index is 745. The molecule has 0 fully saturated rings. The second kappa shape index (κ2) is 4.13. The van der Waals surface area contributed by atoms with Crippen molar-refractivity contribution in [2.24, 2.45) is 0 Å². The van der Waals surface area contributed by atoms with Gasteiger partial charge >= 0.3 is 0 Å². The molecule has 2 heteroatoms. The molecular formula is C18H15ClO. The van der Waals surface area contributed by atoms with Gasteiger partial charge in [0.1, 0.15) is 0 Å². The number of aryl methyl sites for hydroxylation is 1. The van der Waals surface area contributed by atoms with Crippen LogP contribution in [0.5, 0.6) is 11.5 Å². The summed E-state index contributed by atoms with van der Waals surface area (Å²) in [5.74, 6) is 2.50. The van der Waals surface area contributed by atoms with Crippen LogP contribution in [0.25, 0.3) is 5.57 Å². The van der Waals surface area contributed by atoms with E-state index in [4.69, 9.17) is 16.3 Å². The summed E-state index contributed by atoms with van der Waals surface area (Å²) >= 11 is 6.38. The third-order valence-electron chi connectivity index (χ3n) is 4.39.